The number of hydrazine groups is 1. The lowest BCUT2D eigenvalue weighted by Gasteiger charge is -2.19. The first-order valence-electron chi connectivity index (χ1n) is 9.08. The van der Waals surface area contributed by atoms with Crippen LogP contribution in [0.15, 0.2) is 5.10 Å². The van der Waals surface area contributed by atoms with Gasteiger partial charge in [-0.15, -0.1) is 0 Å². The number of hydrogen-bond donors (Lipinski definition) is 3. The van der Waals surface area contributed by atoms with Gasteiger partial charge in [-0.1, -0.05) is 0 Å². The molecule has 0 bridgehead atoms. The molecule has 9 heteroatoms. The van der Waals surface area contributed by atoms with E-state index >= 15 is 0 Å². The number of Topliss-reactive ketones (excluding diaryl/α,β-unsaturated/α-hetero) is 1. The summed E-state index contributed by atoms with van der Waals surface area (Å²) in [5.41, 5.74) is 4.35. The van der Waals surface area contributed by atoms with Crippen LogP contribution in [-0.4, -0.2) is 34.9 Å². The number of rotatable bonds is 1. The van der Waals surface area contributed by atoms with Gasteiger partial charge in [0.05, 0.1) is 0 Å². The van der Waals surface area contributed by atoms with Gasteiger partial charge in [0.15, 0.2) is 0 Å². The molecular formula is C18H34N4O5. The molecule has 156 valence electrons. The monoisotopic (exact) mass is 386 g/mol. The molecule has 0 aromatic carbocycles. The highest BCUT2D eigenvalue weighted by Crippen LogP contribution is 2.13. The van der Waals surface area contributed by atoms with Crippen LogP contribution in [0.1, 0.15) is 80.1 Å². The normalized spacial score (nSPS) is 15.4. The molecule has 0 saturated heterocycles. The minimum Gasteiger partial charge on any atom is -0.443 e. The number of nitrogens with two attached hydrogens (primary N) is 1. The van der Waals surface area contributed by atoms with Gasteiger partial charge in [-0.3, -0.25) is 10.2 Å². The smallest absolute Gasteiger partial charge is 0.428 e. The van der Waals surface area contributed by atoms with Crippen LogP contribution < -0.4 is 16.7 Å². The summed E-state index contributed by atoms with van der Waals surface area (Å²) >= 11 is 0. The molecule has 0 aromatic rings. The molecule has 0 heterocycles. The lowest BCUT2D eigenvalue weighted by atomic mass is 9.98. The summed E-state index contributed by atoms with van der Waals surface area (Å²) in [7, 11) is 0. The Hall–Kier alpha value is -2.16. The first-order chi connectivity index (χ1) is 12.3. The van der Waals surface area contributed by atoms with E-state index in [1.807, 2.05) is 26.2 Å². The Bertz CT molecular complexity index is 521. The predicted molar refractivity (Wildman–Crippen MR) is 103 cm³/mol. The molecule has 2 fully saturated rings. The molecule has 0 atom stereocenters. The standard InChI is InChI=1S/C9H16N2O2.C5H12N2O2.C4H6O/c1-9(2,3)13-8(12)11-10-7-5-4-6-7;1-5(2,3)9-4(8)7-6;5-4-2-1-3-4/h4-6H2,1-3H3,(H,11,12);6H2,1-3H3,(H,7,8);1-3H2. The van der Waals surface area contributed by atoms with Crippen LogP contribution in [0.5, 0.6) is 0 Å². The molecule has 0 spiro atoms. The van der Waals surface area contributed by atoms with Crippen molar-refractivity contribution in [3.8, 4) is 0 Å². The van der Waals surface area contributed by atoms with E-state index in [0.717, 1.165) is 37.8 Å². The number of ether oxygens (including phenoxy) is 2. The second-order valence-corrected chi connectivity index (χ2v) is 8.18. The highest BCUT2D eigenvalue weighted by molar-refractivity contribution is 5.89. The minimum absolute atomic E-state index is 0.435. The second-order valence-electron chi connectivity index (χ2n) is 8.18. The molecule has 2 saturated carbocycles. The van der Waals surface area contributed by atoms with E-state index in [-0.39, 0.29) is 0 Å². The number of nitrogens with one attached hydrogen (secondary N) is 2. The van der Waals surface area contributed by atoms with Crippen molar-refractivity contribution in [1.29, 1.82) is 0 Å². The first kappa shape index (κ1) is 24.8. The zero-order chi connectivity index (χ0) is 21.1. The molecule has 27 heavy (non-hydrogen) atoms. The van der Waals surface area contributed by atoms with E-state index < -0.39 is 23.4 Å². The highest BCUT2D eigenvalue weighted by Gasteiger charge is 2.17. The predicted octanol–water partition coefficient (Wildman–Crippen LogP) is 3.18. The average Bonchev–Trinajstić information content (AvgIpc) is 2.41. The van der Waals surface area contributed by atoms with Crippen LogP contribution in [0.3, 0.4) is 0 Å². The van der Waals surface area contributed by atoms with Crippen molar-refractivity contribution in [2.24, 2.45) is 10.9 Å². The quantitative estimate of drug-likeness (QED) is 0.360. The van der Waals surface area contributed by atoms with Gasteiger partial charge in [-0.25, -0.2) is 20.9 Å². The number of amides is 2. The first-order valence-corrected chi connectivity index (χ1v) is 9.08. The Balaban J connectivity index is 0.000000416. The molecule has 9 nitrogen and oxygen atoms in total. The van der Waals surface area contributed by atoms with Gasteiger partial charge >= 0.3 is 12.2 Å². The summed E-state index contributed by atoms with van der Waals surface area (Å²) in [5.74, 6) is 5.19. The van der Waals surface area contributed by atoms with Crippen molar-refractivity contribution < 1.29 is 23.9 Å². The third-order valence-corrected chi connectivity index (χ3v) is 3.06. The Labute approximate surface area is 161 Å². The number of nitrogens with zero attached hydrogens (tertiary/aromatic N) is 1. The minimum atomic E-state index is -0.609. The van der Waals surface area contributed by atoms with E-state index in [2.05, 4.69) is 10.5 Å². The summed E-state index contributed by atoms with van der Waals surface area (Å²) in [6.45, 7) is 10.8. The number of ketones is 1. The SMILES string of the molecule is CC(C)(C)OC(=O)NN.CC(C)(C)OC(=O)NN=C1CCC1.O=C1CCC1. The third kappa shape index (κ3) is 15.8. The van der Waals surface area contributed by atoms with Gasteiger partial charge in [0, 0.05) is 18.6 Å². The van der Waals surface area contributed by atoms with Crippen LogP contribution in [0.4, 0.5) is 9.59 Å². The van der Waals surface area contributed by atoms with Crippen molar-refractivity contribution in [2.75, 3.05) is 0 Å². The average molecular weight is 386 g/mol. The fourth-order valence-electron chi connectivity index (χ4n) is 1.50. The van der Waals surface area contributed by atoms with Crippen LogP contribution in [-0.2, 0) is 14.3 Å². The van der Waals surface area contributed by atoms with Crippen molar-refractivity contribution >= 4 is 23.7 Å². The number of carbonyl (C=O) groups is 3. The van der Waals surface area contributed by atoms with E-state index in [9.17, 15) is 14.4 Å². The second kappa shape index (κ2) is 11.5. The van der Waals surface area contributed by atoms with Crippen molar-refractivity contribution in [3.05, 3.63) is 0 Å². The zero-order valence-corrected chi connectivity index (χ0v) is 17.3. The van der Waals surface area contributed by atoms with Crippen molar-refractivity contribution in [3.63, 3.8) is 0 Å². The summed E-state index contributed by atoms with van der Waals surface area (Å²) in [6, 6.07) is 0. The molecule has 2 rings (SSSR count). The molecule has 2 aliphatic carbocycles. The van der Waals surface area contributed by atoms with Gasteiger partial charge < -0.3 is 9.47 Å². The number of hydrazone groups is 1. The van der Waals surface area contributed by atoms with Crippen LogP contribution in [0.25, 0.3) is 0 Å². The summed E-state index contributed by atoms with van der Waals surface area (Å²) in [4.78, 5) is 31.3. The molecule has 2 aliphatic rings. The maximum absolute atomic E-state index is 11.1. The maximum atomic E-state index is 11.1. The molecular weight excluding hydrogens is 352 g/mol. The van der Waals surface area contributed by atoms with Gasteiger partial charge in [-0.2, -0.15) is 5.10 Å². The van der Waals surface area contributed by atoms with E-state index in [4.69, 9.17) is 15.3 Å². The fraction of sp³-hybridized carbons (Fsp3) is 0.778. The van der Waals surface area contributed by atoms with E-state index in [0.29, 0.717) is 5.78 Å². The lowest BCUT2D eigenvalue weighted by molar-refractivity contribution is -0.123. The summed E-state index contributed by atoms with van der Waals surface area (Å²) in [6.07, 6.45) is 4.91. The molecule has 0 radical (unpaired) electrons. The van der Waals surface area contributed by atoms with E-state index in [1.165, 1.54) is 6.42 Å². The molecule has 2 amide bonds. The van der Waals surface area contributed by atoms with Crippen LogP contribution >= 0.6 is 0 Å². The van der Waals surface area contributed by atoms with Crippen LogP contribution in [0.2, 0.25) is 0 Å². The van der Waals surface area contributed by atoms with Gasteiger partial charge in [0.25, 0.3) is 0 Å². The van der Waals surface area contributed by atoms with Gasteiger partial charge in [-0.05, 0) is 67.2 Å². The summed E-state index contributed by atoms with van der Waals surface area (Å²) < 4.78 is 9.71. The van der Waals surface area contributed by atoms with Crippen molar-refractivity contribution in [2.45, 2.75) is 91.3 Å². The molecule has 0 unspecified atom stereocenters. The molecule has 4 N–H and O–H groups in total. The Morgan fingerprint density at radius 3 is 1.52 bits per heavy atom. The Morgan fingerprint density at radius 2 is 1.30 bits per heavy atom. The van der Waals surface area contributed by atoms with E-state index in [1.54, 1.807) is 20.8 Å². The van der Waals surface area contributed by atoms with Gasteiger partial charge in [0.2, 0.25) is 0 Å². The topological polar surface area (TPSA) is 132 Å². The Morgan fingerprint density at radius 1 is 0.889 bits per heavy atom. The maximum Gasteiger partial charge on any atom is 0.428 e. The zero-order valence-electron chi connectivity index (χ0n) is 17.3. The molecule has 0 aromatic heterocycles. The number of hydrogen-bond acceptors (Lipinski definition) is 7. The lowest BCUT2D eigenvalue weighted by Crippen LogP contribution is -2.36. The third-order valence-electron chi connectivity index (χ3n) is 3.06. The van der Waals surface area contributed by atoms with Crippen molar-refractivity contribution in [1.82, 2.24) is 10.9 Å². The van der Waals surface area contributed by atoms with Crippen LogP contribution in [0, 0.1) is 0 Å². The van der Waals surface area contributed by atoms with Gasteiger partial charge in [0.1, 0.15) is 17.0 Å². The largest absolute Gasteiger partial charge is 0.443 e. The fourth-order valence-corrected chi connectivity index (χ4v) is 1.50. The molecule has 0 aliphatic heterocycles. The Kier molecular flexibility index (Phi) is 10.6. The summed E-state index contributed by atoms with van der Waals surface area (Å²) in [5, 5.41) is 3.91. The number of carbonyl (C=O) groups excluding carboxylic acids is 3. The highest BCUT2D eigenvalue weighted by atomic mass is 16.6.